The van der Waals surface area contributed by atoms with E-state index in [1.54, 1.807) is 0 Å². The standard InChI is InChI=1S/C15H18N2/c1-3-12(5-2-9-17-14-6-7-14)15-11-16-10-8-13(15)4-1/h1,3-4,8,10-11,14,17H,2,5-7,9H2. The van der Waals surface area contributed by atoms with Gasteiger partial charge < -0.3 is 5.32 Å². The molecule has 0 spiro atoms. The summed E-state index contributed by atoms with van der Waals surface area (Å²) in [4.78, 5) is 4.22. The van der Waals surface area contributed by atoms with Crippen LogP contribution in [0.3, 0.4) is 0 Å². The van der Waals surface area contributed by atoms with Crippen LogP contribution in [-0.2, 0) is 6.42 Å². The van der Waals surface area contributed by atoms with E-state index in [0.717, 1.165) is 19.0 Å². The fourth-order valence-corrected chi connectivity index (χ4v) is 2.27. The summed E-state index contributed by atoms with van der Waals surface area (Å²) in [5.41, 5.74) is 1.42. The molecule has 0 amide bonds. The molecular formula is C15H18N2. The quantitative estimate of drug-likeness (QED) is 0.793. The zero-order valence-corrected chi connectivity index (χ0v) is 10.0. The van der Waals surface area contributed by atoms with Crippen molar-refractivity contribution in [3.8, 4) is 0 Å². The molecule has 1 saturated carbocycles. The summed E-state index contributed by atoms with van der Waals surface area (Å²) in [6, 6.07) is 9.43. The van der Waals surface area contributed by atoms with E-state index in [1.807, 2.05) is 12.4 Å². The second-order valence-corrected chi connectivity index (χ2v) is 4.85. The first-order valence-corrected chi connectivity index (χ1v) is 6.48. The van der Waals surface area contributed by atoms with Crippen LogP contribution in [0.25, 0.3) is 10.8 Å². The number of aromatic nitrogens is 1. The van der Waals surface area contributed by atoms with Crippen LogP contribution < -0.4 is 5.32 Å². The number of benzene rings is 1. The predicted octanol–water partition coefficient (Wildman–Crippen LogP) is 2.92. The van der Waals surface area contributed by atoms with Crippen molar-refractivity contribution in [1.82, 2.24) is 10.3 Å². The minimum absolute atomic E-state index is 0.823. The second kappa shape index (κ2) is 4.84. The molecule has 1 aliphatic rings. The lowest BCUT2D eigenvalue weighted by Crippen LogP contribution is -2.17. The van der Waals surface area contributed by atoms with Crippen LogP contribution in [0.4, 0.5) is 0 Å². The summed E-state index contributed by atoms with van der Waals surface area (Å²) >= 11 is 0. The number of nitrogens with one attached hydrogen (secondary N) is 1. The number of hydrogen-bond acceptors (Lipinski definition) is 2. The number of aryl methyl sites for hydroxylation is 1. The highest BCUT2D eigenvalue weighted by atomic mass is 14.9. The Morgan fingerprint density at radius 3 is 3.06 bits per heavy atom. The molecule has 2 nitrogen and oxygen atoms in total. The first-order chi connectivity index (χ1) is 8.43. The van der Waals surface area contributed by atoms with Crippen molar-refractivity contribution >= 4 is 10.8 Å². The lowest BCUT2D eigenvalue weighted by molar-refractivity contribution is 0.646. The van der Waals surface area contributed by atoms with Crippen molar-refractivity contribution in [3.63, 3.8) is 0 Å². The number of pyridine rings is 1. The lowest BCUT2D eigenvalue weighted by Gasteiger charge is -2.06. The molecule has 1 aliphatic carbocycles. The van der Waals surface area contributed by atoms with Crippen LogP contribution >= 0.6 is 0 Å². The Morgan fingerprint density at radius 2 is 2.18 bits per heavy atom. The van der Waals surface area contributed by atoms with E-state index in [4.69, 9.17) is 0 Å². The Bertz CT molecular complexity index is 498. The van der Waals surface area contributed by atoms with Crippen molar-refractivity contribution in [3.05, 3.63) is 42.2 Å². The molecule has 17 heavy (non-hydrogen) atoms. The van der Waals surface area contributed by atoms with Crippen molar-refractivity contribution in [2.24, 2.45) is 0 Å². The summed E-state index contributed by atoms with van der Waals surface area (Å²) in [5.74, 6) is 0. The van der Waals surface area contributed by atoms with Gasteiger partial charge in [0, 0.05) is 23.8 Å². The van der Waals surface area contributed by atoms with Gasteiger partial charge in [-0.2, -0.15) is 0 Å². The SMILES string of the molecule is c1cc(CCCNC2CC2)c2cnccc2c1. The molecule has 3 rings (SSSR count). The molecule has 1 N–H and O–H groups in total. The van der Waals surface area contributed by atoms with Gasteiger partial charge >= 0.3 is 0 Å². The highest BCUT2D eigenvalue weighted by molar-refractivity contribution is 5.84. The number of hydrogen-bond donors (Lipinski definition) is 1. The zero-order chi connectivity index (χ0) is 11.5. The van der Waals surface area contributed by atoms with Crippen LogP contribution in [0.5, 0.6) is 0 Å². The van der Waals surface area contributed by atoms with Crippen molar-refractivity contribution in [2.45, 2.75) is 31.7 Å². The third-order valence-corrected chi connectivity index (χ3v) is 3.41. The molecule has 1 heterocycles. The molecule has 2 heteroatoms. The molecule has 0 saturated heterocycles. The van der Waals surface area contributed by atoms with Crippen LogP contribution in [0.1, 0.15) is 24.8 Å². The van der Waals surface area contributed by atoms with Crippen molar-refractivity contribution in [1.29, 1.82) is 0 Å². The van der Waals surface area contributed by atoms with Gasteiger partial charge in [-0.05, 0) is 49.2 Å². The molecule has 88 valence electrons. The maximum absolute atomic E-state index is 4.22. The van der Waals surface area contributed by atoms with E-state index >= 15 is 0 Å². The van der Waals surface area contributed by atoms with Crippen LogP contribution in [-0.4, -0.2) is 17.6 Å². The number of rotatable bonds is 5. The smallest absolute Gasteiger partial charge is 0.0349 e. The van der Waals surface area contributed by atoms with Gasteiger partial charge in [-0.25, -0.2) is 0 Å². The van der Waals surface area contributed by atoms with Gasteiger partial charge in [-0.1, -0.05) is 18.2 Å². The third-order valence-electron chi connectivity index (χ3n) is 3.41. The van der Waals surface area contributed by atoms with Gasteiger partial charge in [0.25, 0.3) is 0 Å². The molecule has 0 unspecified atom stereocenters. The summed E-state index contributed by atoms with van der Waals surface area (Å²) in [6.45, 7) is 1.14. The van der Waals surface area contributed by atoms with Gasteiger partial charge in [0.1, 0.15) is 0 Å². The Morgan fingerprint density at radius 1 is 1.24 bits per heavy atom. The third kappa shape index (κ3) is 2.64. The minimum Gasteiger partial charge on any atom is -0.314 e. The second-order valence-electron chi connectivity index (χ2n) is 4.85. The minimum atomic E-state index is 0.823. The Balaban J connectivity index is 1.66. The summed E-state index contributed by atoms with van der Waals surface area (Å²) in [6.07, 6.45) is 8.95. The average Bonchev–Trinajstić information content (AvgIpc) is 3.19. The van der Waals surface area contributed by atoms with Gasteiger partial charge in [0.15, 0.2) is 0 Å². The number of nitrogens with zero attached hydrogens (tertiary/aromatic N) is 1. The Labute approximate surface area is 102 Å². The molecule has 0 bridgehead atoms. The lowest BCUT2D eigenvalue weighted by atomic mass is 10.0. The summed E-state index contributed by atoms with van der Waals surface area (Å²) < 4.78 is 0. The normalized spacial score (nSPS) is 15.3. The predicted molar refractivity (Wildman–Crippen MR) is 71.1 cm³/mol. The van der Waals surface area contributed by atoms with Crippen LogP contribution in [0.15, 0.2) is 36.7 Å². The Kier molecular flexibility index (Phi) is 3.06. The van der Waals surface area contributed by atoms with Crippen molar-refractivity contribution < 1.29 is 0 Å². The molecule has 1 aromatic heterocycles. The molecule has 2 aromatic rings. The first-order valence-electron chi connectivity index (χ1n) is 6.48. The maximum Gasteiger partial charge on any atom is 0.0349 e. The number of fused-ring (bicyclic) bond motifs is 1. The highest BCUT2D eigenvalue weighted by Crippen LogP contribution is 2.20. The molecule has 0 aliphatic heterocycles. The molecule has 0 atom stereocenters. The van der Waals surface area contributed by atoms with E-state index in [0.29, 0.717) is 0 Å². The van der Waals surface area contributed by atoms with Gasteiger partial charge in [-0.3, -0.25) is 4.98 Å². The van der Waals surface area contributed by atoms with Gasteiger partial charge in [0.05, 0.1) is 0 Å². The summed E-state index contributed by atoms with van der Waals surface area (Å²) in [7, 11) is 0. The van der Waals surface area contributed by atoms with Gasteiger partial charge in [0.2, 0.25) is 0 Å². The first kappa shape index (κ1) is 10.7. The largest absolute Gasteiger partial charge is 0.314 e. The average molecular weight is 226 g/mol. The highest BCUT2D eigenvalue weighted by Gasteiger charge is 2.19. The van der Waals surface area contributed by atoms with E-state index in [2.05, 4.69) is 34.6 Å². The van der Waals surface area contributed by atoms with E-state index in [9.17, 15) is 0 Å². The zero-order valence-electron chi connectivity index (χ0n) is 10.0. The molecular weight excluding hydrogens is 208 g/mol. The fourth-order valence-electron chi connectivity index (χ4n) is 2.27. The molecule has 1 aromatic carbocycles. The molecule has 1 fully saturated rings. The maximum atomic E-state index is 4.22. The fraction of sp³-hybridized carbons (Fsp3) is 0.400. The summed E-state index contributed by atoms with van der Waals surface area (Å²) in [5, 5.41) is 6.16. The van der Waals surface area contributed by atoms with Crippen LogP contribution in [0.2, 0.25) is 0 Å². The van der Waals surface area contributed by atoms with Crippen LogP contribution in [0, 0.1) is 0 Å². The van der Waals surface area contributed by atoms with E-state index in [1.165, 1.54) is 35.6 Å². The Hall–Kier alpha value is -1.41. The van der Waals surface area contributed by atoms with E-state index < -0.39 is 0 Å². The van der Waals surface area contributed by atoms with Crippen molar-refractivity contribution in [2.75, 3.05) is 6.54 Å². The van der Waals surface area contributed by atoms with Gasteiger partial charge in [-0.15, -0.1) is 0 Å². The topological polar surface area (TPSA) is 24.9 Å². The monoisotopic (exact) mass is 226 g/mol. The molecule has 0 radical (unpaired) electrons. The van der Waals surface area contributed by atoms with E-state index in [-0.39, 0.29) is 0 Å².